The Morgan fingerprint density at radius 3 is 1.12 bits per heavy atom. The Morgan fingerprint density at radius 1 is 0.485 bits per heavy atom. The van der Waals surface area contributed by atoms with E-state index in [1.54, 1.807) is 12.1 Å². The Bertz CT molecular complexity index is 1010. The van der Waals surface area contributed by atoms with Crippen LogP contribution in [0.2, 0.25) is 0 Å². The minimum Gasteiger partial charge on any atom is -0.316 e. The summed E-state index contributed by atoms with van der Waals surface area (Å²) in [6.07, 6.45) is 0. The molecule has 0 spiro atoms. The molecular weight excluding hydrogens is 412 g/mol. The average Bonchev–Trinajstić information content (AvgIpc) is 2.90. The Balaban J connectivity index is 1.66. The second-order valence-corrected chi connectivity index (χ2v) is 7.57. The van der Waals surface area contributed by atoms with Crippen molar-refractivity contribution >= 4 is 5.78 Å². The van der Waals surface area contributed by atoms with Gasteiger partial charge in [-0.05, 0) is 16.7 Å². The molecule has 0 atom stereocenters. The summed E-state index contributed by atoms with van der Waals surface area (Å²) < 4.78 is 18.5. The molecule has 0 aromatic heterocycles. The van der Waals surface area contributed by atoms with Gasteiger partial charge in [0.1, 0.15) is 0 Å². The van der Waals surface area contributed by atoms with E-state index in [2.05, 4.69) is 0 Å². The van der Waals surface area contributed by atoms with E-state index in [1.807, 2.05) is 109 Å². The standard InChI is InChI=1S/C29H26O4/c30-28(27-19-11-4-12-20-27)29(31-21-24-13-5-1-6-14-24,32-22-25-15-7-2-8-16-25)33-23-26-17-9-3-10-18-26/h1-20H,21-23H2. The first-order valence-electron chi connectivity index (χ1n) is 10.9. The predicted octanol–water partition coefficient (Wildman–Crippen LogP) is 6.17. The van der Waals surface area contributed by atoms with Gasteiger partial charge in [-0.15, -0.1) is 0 Å². The van der Waals surface area contributed by atoms with E-state index in [1.165, 1.54) is 0 Å². The maximum Gasteiger partial charge on any atom is 0.352 e. The van der Waals surface area contributed by atoms with E-state index in [-0.39, 0.29) is 25.6 Å². The molecule has 4 nitrogen and oxygen atoms in total. The van der Waals surface area contributed by atoms with Gasteiger partial charge in [-0.3, -0.25) is 4.79 Å². The van der Waals surface area contributed by atoms with E-state index in [0.717, 1.165) is 16.7 Å². The zero-order chi connectivity index (χ0) is 22.8. The van der Waals surface area contributed by atoms with Crippen LogP contribution in [0.25, 0.3) is 0 Å². The maximum absolute atomic E-state index is 13.8. The lowest BCUT2D eigenvalue weighted by atomic mass is 10.1. The van der Waals surface area contributed by atoms with Crippen LogP contribution < -0.4 is 0 Å². The molecule has 4 heteroatoms. The summed E-state index contributed by atoms with van der Waals surface area (Å²) in [5.41, 5.74) is 3.18. The number of rotatable bonds is 11. The van der Waals surface area contributed by atoms with E-state index in [9.17, 15) is 4.79 Å². The summed E-state index contributed by atoms with van der Waals surface area (Å²) in [5.74, 6) is -2.30. The van der Waals surface area contributed by atoms with Gasteiger partial charge in [0.25, 0.3) is 5.78 Å². The molecule has 0 amide bonds. The second kappa shape index (κ2) is 11.3. The number of Topliss-reactive ketones (excluding diaryl/α,β-unsaturated/α-hetero) is 1. The van der Waals surface area contributed by atoms with Crippen molar-refractivity contribution in [1.29, 1.82) is 0 Å². The smallest absolute Gasteiger partial charge is 0.316 e. The van der Waals surface area contributed by atoms with Crippen molar-refractivity contribution in [3.63, 3.8) is 0 Å². The molecule has 33 heavy (non-hydrogen) atoms. The molecule has 166 valence electrons. The summed E-state index contributed by atoms with van der Waals surface area (Å²) in [4.78, 5) is 13.8. The molecule has 4 rings (SSSR count). The molecule has 0 aliphatic rings. The number of hydrogen-bond acceptors (Lipinski definition) is 4. The van der Waals surface area contributed by atoms with Crippen LogP contribution in [0, 0.1) is 0 Å². The van der Waals surface area contributed by atoms with Gasteiger partial charge in [-0.25, -0.2) is 0 Å². The molecule has 4 aromatic rings. The van der Waals surface area contributed by atoms with Crippen LogP contribution in [-0.4, -0.2) is 11.8 Å². The SMILES string of the molecule is O=C(c1ccccc1)C(OCc1ccccc1)(OCc1ccccc1)OCc1ccccc1. The van der Waals surface area contributed by atoms with Crippen LogP contribution in [-0.2, 0) is 34.0 Å². The van der Waals surface area contributed by atoms with Crippen LogP contribution in [0.4, 0.5) is 0 Å². The number of carbonyl (C=O) groups is 1. The number of carbonyl (C=O) groups excluding carboxylic acids is 1. The molecule has 0 bridgehead atoms. The number of ether oxygens (including phenoxy) is 3. The zero-order valence-corrected chi connectivity index (χ0v) is 18.3. The Labute approximate surface area is 194 Å². The van der Waals surface area contributed by atoms with Crippen LogP contribution in [0.1, 0.15) is 27.0 Å². The van der Waals surface area contributed by atoms with E-state index < -0.39 is 5.97 Å². The minimum atomic E-state index is -1.91. The third-order valence-corrected chi connectivity index (χ3v) is 5.13. The molecule has 0 radical (unpaired) electrons. The lowest BCUT2D eigenvalue weighted by Gasteiger charge is -2.32. The molecule has 0 saturated carbocycles. The molecule has 0 heterocycles. The quantitative estimate of drug-likeness (QED) is 0.207. The highest BCUT2D eigenvalue weighted by molar-refractivity contribution is 6.00. The molecule has 0 fully saturated rings. The van der Waals surface area contributed by atoms with Crippen molar-refractivity contribution < 1.29 is 19.0 Å². The third kappa shape index (κ3) is 6.24. The minimum absolute atomic E-state index is 0.156. The van der Waals surface area contributed by atoms with Crippen LogP contribution >= 0.6 is 0 Å². The predicted molar refractivity (Wildman–Crippen MR) is 127 cm³/mol. The van der Waals surface area contributed by atoms with Crippen molar-refractivity contribution in [1.82, 2.24) is 0 Å². The molecule has 4 aromatic carbocycles. The molecule has 0 aliphatic carbocycles. The van der Waals surface area contributed by atoms with Crippen LogP contribution in [0.3, 0.4) is 0 Å². The van der Waals surface area contributed by atoms with Crippen LogP contribution in [0.5, 0.6) is 0 Å². The van der Waals surface area contributed by atoms with Crippen LogP contribution in [0.15, 0.2) is 121 Å². The molecule has 0 aliphatic heterocycles. The third-order valence-electron chi connectivity index (χ3n) is 5.13. The number of hydrogen-bond donors (Lipinski definition) is 0. The van der Waals surface area contributed by atoms with Crippen molar-refractivity contribution in [2.75, 3.05) is 0 Å². The number of ketones is 1. The maximum atomic E-state index is 13.8. The zero-order valence-electron chi connectivity index (χ0n) is 18.3. The number of benzene rings is 4. The Morgan fingerprint density at radius 2 is 0.788 bits per heavy atom. The van der Waals surface area contributed by atoms with Gasteiger partial charge in [-0.1, -0.05) is 121 Å². The normalized spacial score (nSPS) is 11.3. The average molecular weight is 439 g/mol. The Hall–Kier alpha value is -3.57. The lowest BCUT2D eigenvalue weighted by molar-refractivity contribution is -0.357. The van der Waals surface area contributed by atoms with Gasteiger partial charge < -0.3 is 14.2 Å². The van der Waals surface area contributed by atoms with E-state index in [4.69, 9.17) is 14.2 Å². The van der Waals surface area contributed by atoms with Gasteiger partial charge in [0, 0.05) is 5.56 Å². The second-order valence-electron chi connectivity index (χ2n) is 7.57. The van der Waals surface area contributed by atoms with Crippen molar-refractivity contribution in [2.24, 2.45) is 0 Å². The molecule has 0 unspecified atom stereocenters. The monoisotopic (exact) mass is 438 g/mol. The van der Waals surface area contributed by atoms with Crippen molar-refractivity contribution in [3.8, 4) is 0 Å². The molecule has 0 saturated heterocycles. The van der Waals surface area contributed by atoms with Gasteiger partial charge in [0.15, 0.2) is 0 Å². The van der Waals surface area contributed by atoms with Gasteiger partial charge in [0.2, 0.25) is 0 Å². The fraction of sp³-hybridized carbons (Fsp3) is 0.138. The summed E-state index contributed by atoms with van der Waals surface area (Å²) in [5, 5.41) is 0. The first-order chi connectivity index (χ1) is 16.3. The van der Waals surface area contributed by atoms with Gasteiger partial charge in [-0.2, -0.15) is 0 Å². The molecular formula is C29H26O4. The summed E-state index contributed by atoms with van der Waals surface area (Å²) in [6, 6.07) is 37.9. The Kier molecular flexibility index (Phi) is 7.77. The van der Waals surface area contributed by atoms with E-state index in [0.29, 0.717) is 5.56 Å². The highest BCUT2D eigenvalue weighted by Gasteiger charge is 2.44. The fourth-order valence-electron chi connectivity index (χ4n) is 3.35. The van der Waals surface area contributed by atoms with Crippen molar-refractivity contribution in [2.45, 2.75) is 25.8 Å². The first kappa shape index (κ1) is 22.6. The van der Waals surface area contributed by atoms with Crippen molar-refractivity contribution in [3.05, 3.63) is 144 Å². The summed E-state index contributed by atoms with van der Waals surface area (Å²) >= 11 is 0. The lowest BCUT2D eigenvalue weighted by Crippen LogP contribution is -2.47. The summed E-state index contributed by atoms with van der Waals surface area (Å²) in [6.45, 7) is 0.467. The molecule has 0 N–H and O–H groups in total. The van der Waals surface area contributed by atoms with E-state index >= 15 is 0 Å². The fourth-order valence-corrected chi connectivity index (χ4v) is 3.35. The first-order valence-corrected chi connectivity index (χ1v) is 10.9. The van der Waals surface area contributed by atoms with Gasteiger partial charge >= 0.3 is 5.97 Å². The highest BCUT2D eigenvalue weighted by Crippen LogP contribution is 2.27. The summed E-state index contributed by atoms with van der Waals surface area (Å²) in [7, 11) is 0. The van der Waals surface area contributed by atoms with Gasteiger partial charge in [0.05, 0.1) is 19.8 Å². The highest BCUT2D eigenvalue weighted by atomic mass is 16.9. The largest absolute Gasteiger partial charge is 0.352 e. The topological polar surface area (TPSA) is 44.8 Å².